The van der Waals surface area contributed by atoms with E-state index in [-0.39, 0.29) is 23.5 Å². The number of carbonyl (C=O) groups excluding carboxylic acids is 1. The van der Waals surface area contributed by atoms with Crippen LogP contribution >= 0.6 is 11.3 Å². The highest BCUT2D eigenvalue weighted by Crippen LogP contribution is 2.30. The minimum absolute atomic E-state index is 0.0453. The van der Waals surface area contributed by atoms with Gasteiger partial charge in [0.1, 0.15) is 5.75 Å². The van der Waals surface area contributed by atoms with Gasteiger partial charge in [-0.1, -0.05) is 26.8 Å². The zero-order valence-electron chi connectivity index (χ0n) is 14.9. The monoisotopic (exact) mass is 371 g/mol. The molecular weight excluding hydrogens is 350 g/mol. The molecule has 136 valence electrons. The summed E-state index contributed by atoms with van der Waals surface area (Å²) in [5.41, 5.74) is 2.24. The van der Waals surface area contributed by atoms with Gasteiger partial charge in [0, 0.05) is 23.8 Å². The van der Waals surface area contributed by atoms with Crippen LogP contribution in [0.25, 0.3) is 11.5 Å². The molecule has 0 aliphatic heterocycles. The SMILES string of the molecule is CC(C)(C)c1ccc(O)c(NC(=O)CCc2nnc(-c3ccsc3)o2)c1. The van der Waals surface area contributed by atoms with E-state index in [2.05, 4.69) is 36.3 Å². The number of rotatable bonds is 5. The predicted octanol–water partition coefficient (Wildman–Crippen LogP) is 4.37. The van der Waals surface area contributed by atoms with Gasteiger partial charge in [-0.25, -0.2) is 0 Å². The zero-order valence-corrected chi connectivity index (χ0v) is 15.8. The van der Waals surface area contributed by atoms with Crippen molar-refractivity contribution < 1.29 is 14.3 Å². The number of benzene rings is 1. The minimum Gasteiger partial charge on any atom is -0.506 e. The molecule has 0 spiro atoms. The Morgan fingerprint density at radius 1 is 1.27 bits per heavy atom. The highest BCUT2D eigenvalue weighted by atomic mass is 32.1. The Balaban J connectivity index is 1.61. The van der Waals surface area contributed by atoms with Crippen molar-refractivity contribution in [3.05, 3.63) is 46.5 Å². The first kappa shape index (κ1) is 18.1. The van der Waals surface area contributed by atoms with Gasteiger partial charge in [-0.3, -0.25) is 4.79 Å². The summed E-state index contributed by atoms with van der Waals surface area (Å²) in [7, 11) is 0. The third-order valence-electron chi connectivity index (χ3n) is 3.94. The lowest BCUT2D eigenvalue weighted by Gasteiger charge is -2.20. The van der Waals surface area contributed by atoms with E-state index in [4.69, 9.17) is 4.42 Å². The molecule has 3 aromatic rings. The molecule has 1 aromatic carbocycles. The second kappa shape index (κ2) is 7.29. The van der Waals surface area contributed by atoms with Crippen molar-refractivity contribution >= 4 is 22.9 Å². The van der Waals surface area contributed by atoms with Crippen LogP contribution < -0.4 is 5.32 Å². The molecule has 2 aromatic heterocycles. The first-order valence-corrected chi connectivity index (χ1v) is 9.25. The van der Waals surface area contributed by atoms with Gasteiger partial charge in [-0.15, -0.1) is 10.2 Å². The molecule has 0 bridgehead atoms. The molecule has 26 heavy (non-hydrogen) atoms. The summed E-state index contributed by atoms with van der Waals surface area (Å²) >= 11 is 1.55. The van der Waals surface area contributed by atoms with Crippen molar-refractivity contribution in [1.29, 1.82) is 0 Å². The standard InChI is InChI=1S/C19H21N3O3S/c1-19(2,3)13-4-5-15(23)14(10-13)20-16(24)6-7-17-21-22-18(25-17)12-8-9-26-11-12/h4-5,8-11,23H,6-7H2,1-3H3,(H,20,24). The van der Waals surface area contributed by atoms with E-state index in [1.165, 1.54) is 0 Å². The molecule has 1 amide bonds. The van der Waals surface area contributed by atoms with Gasteiger partial charge in [0.25, 0.3) is 0 Å². The number of phenols is 1. The minimum atomic E-state index is -0.221. The van der Waals surface area contributed by atoms with E-state index in [1.807, 2.05) is 22.9 Å². The van der Waals surface area contributed by atoms with Crippen molar-refractivity contribution in [3.8, 4) is 17.2 Å². The average molecular weight is 371 g/mol. The highest BCUT2D eigenvalue weighted by molar-refractivity contribution is 7.08. The molecule has 0 aliphatic rings. The zero-order chi connectivity index (χ0) is 18.7. The molecule has 6 nitrogen and oxygen atoms in total. The fraction of sp³-hybridized carbons (Fsp3) is 0.316. The number of thiophene rings is 1. The van der Waals surface area contributed by atoms with E-state index in [0.717, 1.165) is 11.1 Å². The number of nitrogens with one attached hydrogen (secondary N) is 1. The number of aryl methyl sites for hydroxylation is 1. The Labute approximate surface area is 155 Å². The van der Waals surface area contributed by atoms with Crippen molar-refractivity contribution in [2.75, 3.05) is 5.32 Å². The number of aromatic hydroxyl groups is 1. The Bertz CT molecular complexity index is 895. The van der Waals surface area contributed by atoms with E-state index in [0.29, 0.717) is 23.9 Å². The summed E-state index contributed by atoms with van der Waals surface area (Å²) in [5, 5.41) is 24.6. The van der Waals surface area contributed by atoms with Gasteiger partial charge in [0.05, 0.1) is 5.69 Å². The smallest absolute Gasteiger partial charge is 0.248 e. The lowest BCUT2D eigenvalue weighted by molar-refractivity contribution is -0.116. The molecule has 0 unspecified atom stereocenters. The molecule has 0 saturated carbocycles. The van der Waals surface area contributed by atoms with Gasteiger partial charge in [0.15, 0.2) is 0 Å². The third kappa shape index (κ3) is 4.29. The number of nitrogens with zero attached hydrogens (tertiary/aromatic N) is 2. The summed E-state index contributed by atoms with van der Waals surface area (Å²) in [6, 6.07) is 7.16. The molecule has 0 saturated heterocycles. The van der Waals surface area contributed by atoms with E-state index in [1.54, 1.807) is 23.5 Å². The fourth-order valence-corrected chi connectivity index (χ4v) is 3.02. The lowest BCUT2D eigenvalue weighted by atomic mass is 9.87. The second-order valence-electron chi connectivity index (χ2n) is 7.04. The molecule has 0 aliphatic carbocycles. The van der Waals surface area contributed by atoms with Crippen LogP contribution in [0.1, 0.15) is 38.6 Å². The number of hydrogen-bond acceptors (Lipinski definition) is 6. The molecule has 3 rings (SSSR count). The topological polar surface area (TPSA) is 88.2 Å². The lowest BCUT2D eigenvalue weighted by Crippen LogP contribution is -2.15. The maximum absolute atomic E-state index is 12.2. The first-order chi connectivity index (χ1) is 12.3. The largest absolute Gasteiger partial charge is 0.506 e. The maximum Gasteiger partial charge on any atom is 0.248 e. The number of hydrogen-bond donors (Lipinski definition) is 2. The van der Waals surface area contributed by atoms with Gasteiger partial charge in [-0.05, 0) is 34.6 Å². The predicted molar refractivity (Wildman–Crippen MR) is 101 cm³/mol. The maximum atomic E-state index is 12.2. The Hall–Kier alpha value is -2.67. The number of aromatic nitrogens is 2. The van der Waals surface area contributed by atoms with Crippen LogP contribution in [0.5, 0.6) is 5.75 Å². The summed E-state index contributed by atoms with van der Waals surface area (Å²) in [4.78, 5) is 12.2. The molecule has 0 fully saturated rings. The van der Waals surface area contributed by atoms with E-state index >= 15 is 0 Å². The second-order valence-corrected chi connectivity index (χ2v) is 7.82. The summed E-state index contributed by atoms with van der Waals surface area (Å²) in [5.74, 6) is 0.691. The van der Waals surface area contributed by atoms with Crippen LogP contribution in [0.3, 0.4) is 0 Å². The average Bonchev–Trinajstić information content (AvgIpc) is 3.25. The van der Waals surface area contributed by atoms with Crippen LogP contribution in [0.4, 0.5) is 5.69 Å². The van der Waals surface area contributed by atoms with Crippen molar-refractivity contribution in [2.45, 2.75) is 39.0 Å². The Morgan fingerprint density at radius 2 is 2.08 bits per heavy atom. The van der Waals surface area contributed by atoms with Crippen LogP contribution in [-0.4, -0.2) is 21.2 Å². The summed E-state index contributed by atoms with van der Waals surface area (Å²) in [6.45, 7) is 6.23. The van der Waals surface area contributed by atoms with E-state index in [9.17, 15) is 9.90 Å². The normalized spacial score (nSPS) is 11.5. The molecule has 2 heterocycles. The summed E-state index contributed by atoms with van der Waals surface area (Å²) < 4.78 is 5.57. The van der Waals surface area contributed by atoms with Crippen LogP contribution in [0.2, 0.25) is 0 Å². The highest BCUT2D eigenvalue weighted by Gasteiger charge is 2.17. The number of phenolic OH excluding ortho intramolecular Hbond substituents is 1. The number of carbonyl (C=O) groups is 1. The van der Waals surface area contributed by atoms with Crippen LogP contribution in [-0.2, 0) is 16.6 Å². The van der Waals surface area contributed by atoms with Gasteiger partial charge in [-0.2, -0.15) is 11.3 Å². The Morgan fingerprint density at radius 3 is 2.77 bits per heavy atom. The molecular formula is C19H21N3O3S. The van der Waals surface area contributed by atoms with Crippen LogP contribution in [0.15, 0.2) is 39.4 Å². The van der Waals surface area contributed by atoms with Gasteiger partial charge >= 0.3 is 0 Å². The van der Waals surface area contributed by atoms with Crippen molar-refractivity contribution in [1.82, 2.24) is 10.2 Å². The van der Waals surface area contributed by atoms with Gasteiger partial charge in [0.2, 0.25) is 17.7 Å². The molecule has 0 radical (unpaired) electrons. The van der Waals surface area contributed by atoms with Crippen molar-refractivity contribution in [3.63, 3.8) is 0 Å². The molecule has 2 N–H and O–H groups in total. The Kier molecular flexibility index (Phi) is 5.08. The quantitative estimate of drug-likeness (QED) is 0.650. The van der Waals surface area contributed by atoms with Crippen molar-refractivity contribution in [2.24, 2.45) is 0 Å². The number of anilines is 1. The fourth-order valence-electron chi connectivity index (χ4n) is 2.39. The van der Waals surface area contributed by atoms with E-state index < -0.39 is 0 Å². The molecule has 7 heteroatoms. The third-order valence-corrected chi connectivity index (χ3v) is 4.62. The summed E-state index contributed by atoms with van der Waals surface area (Å²) in [6.07, 6.45) is 0.521. The van der Waals surface area contributed by atoms with Crippen LogP contribution in [0, 0.1) is 0 Å². The molecule has 0 atom stereocenters. The first-order valence-electron chi connectivity index (χ1n) is 8.31. The number of amides is 1. The van der Waals surface area contributed by atoms with Gasteiger partial charge < -0.3 is 14.8 Å².